The van der Waals surface area contributed by atoms with Gasteiger partial charge in [0.05, 0.1) is 0 Å². The minimum absolute atomic E-state index is 0.0361. The third-order valence-corrected chi connectivity index (χ3v) is 4.00. The van der Waals surface area contributed by atoms with Crippen molar-refractivity contribution in [3.63, 3.8) is 0 Å². The minimum atomic E-state index is -4.60. The van der Waals surface area contributed by atoms with Crippen LogP contribution in [0.1, 0.15) is 5.69 Å². The molecule has 0 spiro atoms. The van der Waals surface area contributed by atoms with Crippen LogP contribution in [0.4, 0.5) is 17.6 Å². The number of hydrogen-bond acceptors (Lipinski definition) is 4. The summed E-state index contributed by atoms with van der Waals surface area (Å²) in [6.45, 7) is 0. The van der Waals surface area contributed by atoms with Crippen LogP contribution in [0.25, 0.3) is 28.2 Å². The highest BCUT2D eigenvalue weighted by Crippen LogP contribution is 2.32. The fraction of sp³-hybridized carbons (Fsp3) is 0.0526. The zero-order valence-electron chi connectivity index (χ0n) is 14.1. The van der Waals surface area contributed by atoms with Crippen LogP contribution in [0.3, 0.4) is 0 Å². The zero-order valence-corrected chi connectivity index (χ0v) is 14.1. The molecule has 0 unspecified atom stereocenters. The van der Waals surface area contributed by atoms with Crippen molar-refractivity contribution in [1.29, 1.82) is 0 Å². The summed E-state index contributed by atoms with van der Waals surface area (Å²) >= 11 is 0. The lowest BCUT2D eigenvalue weighted by molar-refractivity contribution is -0.141. The van der Waals surface area contributed by atoms with E-state index in [2.05, 4.69) is 20.1 Å². The first kappa shape index (κ1) is 17.8. The highest BCUT2D eigenvalue weighted by atomic mass is 19.4. The summed E-state index contributed by atoms with van der Waals surface area (Å²) in [4.78, 5) is 11.1. The lowest BCUT2D eigenvalue weighted by atomic mass is 10.0. The maximum Gasteiger partial charge on any atom is 0.433 e. The Kier molecular flexibility index (Phi) is 4.34. The summed E-state index contributed by atoms with van der Waals surface area (Å²) in [7, 11) is 0. The molecule has 0 saturated carbocycles. The molecule has 4 aromatic rings. The van der Waals surface area contributed by atoms with Crippen LogP contribution in [0.2, 0.25) is 0 Å². The van der Waals surface area contributed by atoms with Crippen molar-refractivity contribution in [3.05, 3.63) is 78.9 Å². The second-order valence-corrected chi connectivity index (χ2v) is 5.84. The molecule has 3 heterocycles. The monoisotopic (exact) mass is 385 g/mol. The van der Waals surface area contributed by atoms with Gasteiger partial charge in [-0.15, -0.1) is 0 Å². The van der Waals surface area contributed by atoms with E-state index in [1.54, 1.807) is 42.9 Å². The molecule has 0 amide bonds. The normalized spacial score (nSPS) is 11.6. The van der Waals surface area contributed by atoms with Crippen molar-refractivity contribution in [2.24, 2.45) is 0 Å². The molecule has 0 fully saturated rings. The van der Waals surface area contributed by atoms with Gasteiger partial charge in [0.15, 0.2) is 5.82 Å². The summed E-state index contributed by atoms with van der Waals surface area (Å²) in [5.74, 6) is -0.440. The lowest BCUT2D eigenvalue weighted by Crippen LogP contribution is -2.10. The molecule has 0 aliphatic rings. The van der Waals surface area contributed by atoms with E-state index in [0.717, 1.165) is 18.0 Å². The van der Waals surface area contributed by atoms with E-state index in [1.165, 1.54) is 16.8 Å². The Bertz CT molecular complexity index is 1110. The van der Waals surface area contributed by atoms with Gasteiger partial charge in [0.1, 0.15) is 23.5 Å². The summed E-state index contributed by atoms with van der Waals surface area (Å²) in [6.07, 6.45) is 0.986. The Balaban J connectivity index is 1.88. The van der Waals surface area contributed by atoms with E-state index in [0.29, 0.717) is 16.8 Å². The molecule has 0 atom stereocenters. The van der Waals surface area contributed by atoms with E-state index in [9.17, 15) is 17.6 Å². The first-order valence-corrected chi connectivity index (χ1v) is 8.07. The molecule has 1 aromatic carbocycles. The molecule has 0 aliphatic heterocycles. The van der Waals surface area contributed by atoms with E-state index in [4.69, 9.17) is 0 Å². The van der Waals surface area contributed by atoms with Crippen molar-refractivity contribution in [2.75, 3.05) is 0 Å². The fourth-order valence-electron chi connectivity index (χ4n) is 2.68. The number of benzene rings is 1. The highest BCUT2D eigenvalue weighted by molar-refractivity contribution is 5.80. The van der Waals surface area contributed by atoms with Crippen LogP contribution >= 0.6 is 0 Å². The number of aromatic nitrogens is 5. The van der Waals surface area contributed by atoms with Crippen molar-refractivity contribution in [2.45, 2.75) is 6.18 Å². The Hall–Kier alpha value is -3.62. The largest absolute Gasteiger partial charge is 0.433 e. The van der Waals surface area contributed by atoms with Gasteiger partial charge < -0.3 is 0 Å². The van der Waals surface area contributed by atoms with Crippen LogP contribution in [0.5, 0.6) is 0 Å². The molecule has 0 saturated heterocycles. The highest BCUT2D eigenvalue weighted by Gasteiger charge is 2.33. The molecular weight excluding hydrogens is 374 g/mol. The molecule has 0 radical (unpaired) electrons. The summed E-state index contributed by atoms with van der Waals surface area (Å²) in [5, 5.41) is 4.40. The van der Waals surface area contributed by atoms with Gasteiger partial charge in [-0.25, -0.2) is 19.0 Å². The first-order valence-electron chi connectivity index (χ1n) is 8.07. The minimum Gasteiger partial charge on any atom is -0.265 e. The van der Waals surface area contributed by atoms with Crippen molar-refractivity contribution < 1.29 is 17.6 Å². The molecule has 140 valence electrons. The third kappa shape index (κ3) is 3.46. The van der Waals surface area contributed by atoms with Crippen molar-refractivity contribution >= 4 is 0 Å². The Morgan fingerprint density at radius 3 is 2.25 bits per heavy atom. The van der Waals surface area contributed by atoms with Crippen LogP contribution in [0.15, 0.2) is 67.4 Å². The van der Waals surface area contributed by atoms with Gasteiger partial charge >= 0.3 is 6.18 Å². The van der Waals surface area contributed by atoms with Crippen molar-refractivity contribution in [1.82, 2.24) is 24.7 Å². The molecule has 0 aliphatic carbocycles. The standard InChI is InChI=1S/C19H11F4N5/c20-14-3-1-13(2-4-14)18-15(12-5-7-24-8-6-12)10-28(27-18)17-9-16(19(21,22)23)25-11-26-17/h1-11H. The Morgan fingerprint density at radius 1 is 0.857 bits per heavy atom. The molecule has 3 aromatic heterocycles. The second kappa shape index (κ2) is 6.84. The van der Waals surface area contributed by atoms with E-state index < -0.39 is 17.7 Å². The van der Waals surface area contributed by atoms with Crippen LogP contribution in [-0.4, -0.2) is 24.7 Å². The topological polar surface area (TPSA) is 56.5 Å². The van der Waals surface area contributed by atoms with Crippen LogP contribution < -0.4 is 0 Å². The SMILES string of the molecule is Fc1ccc(-c2nn(-c3cc(C(F)(F)F)ncn3)cc2-c2ccncc2)cc1. The van der Waals surface area contributed by atoms with Gasteiger partial charge in [-0.05, 0) is 42.0 Å². The zero-order chi connectivity index (χ0) is 19.7. The van der Waals surface area contributed by atoms with Gasteiger partial charge in [-0.1, -0.05) is 0 Å². The smallest absolute Gasteiger partial charge is 0.265 e. The summed E-state index contributed by atoms with van der Waals surface area (Å²) < 4.78 is 53.5. The van der Waals surface area contributed by atoms with Gasteiger partial charge in [0, 0.05) is 35.8 Å². The number of hydrogen-bond donors (Lipinski definition) is 0. The first-order chi connectivity index (χ1) is 13.4. The number of nitrogens with zero attached hydrogens (tertiary/aromatic N) is 5. The molecule has 0 N–H and O–H groups in total. The predicted molar refractivity (Wildman–Crippen MR) is 92.8 cm³/mol. The number of rotatable bonds is 3. The summed E-state index contributed by atoms with van der Waals surface area (Å²) in [5.41, 5.74) is 1.41. The molecule has 4 rings (SSSR count). The molecule has 28 heavy (non-hydrogen) atoms. The Morgan fingerprint density at radius 2 is 1.57 bits per heavy atom. The quantitative estimate of drug-likeness (QED) is 0.486. The van der Waals surface area contributed by atoms with Gasteiger partial charge in [0.25, 0.3) is 0 Å². The van der Waals surface area contributed by atoms with E-state index >= 15 is 0 Å². The number of halogens is 4. The number of alkyl halides is 3. The maximum absolute atomic E-state index is 13.3. The van der Waals surface area contributed by atoms with Gasteiger partial charge in [-0.3, -0.25) is 4.98 Å². The second-order valence-electron chi connectivity index (χ2n) is 5.84. The predicted octanol–water partition coefficient (Wildman–Crippen LogP) is 4.55. The molecule has 5 nitrogen and oxygen atoms in total. The van der Waals surface area contributed by atoms with Crippen LogP contribution in [0, 0.1) is 5.82 Å². The average Bonchev–Trinajstić information content (AvgIpc) is 3.14. The molecule has 0 bridgehead atoms. The molecule has 9 heteroatoms. The van der Waals surface area contributed by atoms with E-state index in [-0.39, 0.29) is 5.82 Å². The average molecular weight is 385 g/mol. The Labute approximate surface area is 156 Å². The number of pyridine rings is 1. The van der Waals surface area contributed by atoms with Gasteiger partial charge in [-0.2, -0.15) is 18.3 Å². The van der Waals surface area contributed by atoms with Gasteiger partial charge in [0.2, 0.25) is 0 Å². The third-order valence-electron chi connectivity index (χ3n) is 4.00. The van der Waals surface area contributed by atoms with Crippen LogP contribution in [-0.2, 0) is 6.18 Å². The van der Waals surface area contributed by atoms with E-state index in [1.807, 2.05) is 0 Å². The molecular formula is C19H11F4N5. The summed E-state index contributed by atoms with van der Waals surface area (Å²) in [6, 6.07) is 9.98. The maximum atomic E-state index is 13.3. The lowest BCUT2D eigenvalue weighted by Gasteiger charge is -2.06. The fourth-order valence-corrected chi connectivity index (χ4v) is 2.68. The van der Waals surface area contributed by atoms with Crippen molar-refractivity contribution in [3.8, 4) is 28.2 Å².